The van der Waals surface area contributed by atoms with E-state index in [1.807, 2.05) is 6.07 Å². The van der Waals surface area contributed by atoms with Gasteiger partial charge in [-0.15, -0.1) is 0 Å². The van der Waals surface area contributed by atoms with Crippen molar-refractivity contribution in [1.29, 1.82) is 0 Å². The highest BCUT2D eigenvalue weighted by Crippen LogP contribution is 2.34. The highest BCUT2D eigenvalue weighted by molar-refractivity contribution is 6.31. The smallest absolute Gasteiger partial charge is 0.225 e. The molecule has 1 atom stereocenters. The van der Waals surface area contributed by atoms with E-state index in [9.17, 15) is 4.79 Å². The number of imidazole rings is 1. The van der Waals surface area contributed by atoms with Gasteiger partial charge in [0.2, 0.25) is 5.91 Å². The topological polar surface area (TPSA) is 51.0 Å². The first kappa shape index (κ1) is 22.3. The lowest BCUT2D eigenvalue weighted by Gasteiger charge is -2.17. The third kappa shape index (κ3) is 4.34. The van der Waals surface area contributed by atoms with Gasteiger partial charge in [-0.05, 0) is 61.8 Å². The van der Waals surface area contributed by atoms with E-state index in [1.165, 1.54) is 22.3 Å². The Hall–Kier alpha value is -3.18. The van der Waals surface area contributed by atoms with Gasteiger partial charge in [-0.1, -0.05) is 59.6 Å². The van der Waals surface area contributed by atoms with Gasteiger partial charge >= 0.3 is 0 Å². The summed E-state index contributed by atoms with van der Waals surface area (Å²) in [6.45, 7) is 6.73. The molecule has 6 heteroatoms. The molecule has 1 saturated heterocycles. The predicted molar refractivity (Wildman–Crippen MR) is 140 cm³/mol. The predicted octanol–water partition coefficient (Wildman–Crippen LogP) is 6.29. The molecule has 0 spiro atoms. The second kappa shape index (κ2) is 8.80. The minimum atomic E-state index is 0.276. The number of benzene rings is 2. The number of likely N-dealkylation sites (tertiary alicyclic amines) is 1. The molecule has 2 aromatic heterocycles. The first-order valence-electron chi connectivity index (χ1n) is 12.4. The van der Waals surface area contributed by atoms with Crippen LogP contribution >= 0.6 is 11.6 Å². The second-order valence-electron chi connectivity index (χ2n) is 10.2. The number of carbonyl (C=O) groups is 1. The first-order chi connectivity index (χ1) is 17.0. The molecule has 0 N–H and O–H groups in total. The zero-order valence-corrected chi connectivity index (χ0v) is 20.9. The highest BCUT2D eigenvalue weighted by Gasteiger charge is 2.36. The number of pyridine rings is 1. The molecular weight excluding hydrogens is 456 g/mol. The Morgan fingerprint density at radius 2 is 1.80 bits per heavy atom. The number of hydrogen-bond donors (Lipinski definition) is 0. The number of halogens is 1. The maximum absolute atomic E-state index is 12.6. The summed E-state index contributed by atoms with van der Waals surface area (Å²) in [5, 5.41) is 0.584. The Bertz CT molecular complexity index is 1420. The zero-order valence-electron chi connectivity index (χ0n) is 20.2. The molecule has 2 aliphatic rings. The Morgan fingerprint density at radius 1 is 1.03 bits per heavy atom. The maximum Gasteiger partial charge on any atom is 0.225 e. The van der Waals surface area contributed by atoms with Crippen molar-refractivity contribution in [2.24, 2.45) is 11.8 Å². The fourth-order valence-electron chi connectivity index (χ4n) is 5.34. The number of carbonyl (C=O) groups excluding carboxylic acids is 1. The van der Waals surface area contributed by atoms with Crippen LogP contribution in [-0.4, -0.2) is 38.4 Å². The van der Waals surface area contributed by atoms with Crippen LogP contribution in [0, 0.1) is 25.7 Å². The van der Waals surface area contributed by atoms with Crippen LogP contribution in [0.2, 0.25) is 5.02 Å². The molecule has 178 valence electrons. The van der Waals surface area contributed by atoms with Crippen LogP contribution in [0.1, 0.15) is 30.4 Å². The summed E-state index contributed by atoms with van der Waals surface area (Å²) in [5.74, 6) is 1.91. The van der Waals surface area contributed by atoms with Crippen LogP contribution in [0.15, 0.2) is 54.7 Å². The largest absolute Gasteiger partial charge is 0.342 e. The molecule has 0 bridgehead atoms. The molecule has 0 radical (unpaired) electrons. The SMILES string of the molecule is Cc1ccc(-c2ccc(-c3nc4cc(Cl)cnc4n3C[C@@H]3CCN(C(=O)C4CC4)C3)cc2)c(C)c1. The molecule has 4 aromatic rings. The molecule has 1 amide bonds. The molecular formula is C29H29ClN4O. The van der Waals surface area contributed by atoms with E-state index in [0.717, 1.165) is 61.4 Å². The third-order valence-electron chi connectivity index (χ3n) is 7.35. The van der Waals surface area contributed by atoms with Gasteiger partial charge in [-0.2, -0.15) is 0 Å². The van der Waals surface area contributed by atoms with Crippen molar-refractivity contribution < 1.29 is 4.79 Å². The van der Waals surface area contributed by atoms with Gasteiger partial charge < -0.3 is 9.47 Å². The van der Waals surface area contributed by atoms with Crippen LogP contribution in [0.25, 0.3) is 33.7 Å². The van der Waals surface area contributed by atoms with Gasteiger partial charge in [-0.3, -0.25) is 4.79 Å². The van der Waals surface area contributed by atoms with Gasteiger partial charge in [0.25, 0.3) is 0 Å². The number of nitrogens with zero attached hydrogens (tertiary/aromatic N) is 4. The molecule has 5 nitrogen and oxygen atoms in total. The molecule has 35 heavy (non-hydrogen) atoms. The van der Waals surface area contributed by atoms with Crippen LogP contribution < -0.4 is 0 Å². The van der Waals surface area contributed by atoms with Crippen molar-refractivity contribution in [1.82, 2.24) is 19.4 Å². The van der Waals surface area contributed by atoms with Crippen molar-refractivity contribution in [3.8, 4) is 22.5 Å². The second-order valence-corrected chi connectivity index (χ2v) is 10.6. The lowest BCUT2D eigenvalue weighted by atomic mass is 9.98. The number of rotatable bonds is 5. The van der Waals surface area contributed by atoms with Crippen LogP contribution in [0.4, 0.5) is 0 Å². The Kier molecular flexibility index (Phi) is 5.60. The van der Waals surface area contributed by atoms with E-state index in [2.05, 4.69) is 70.8 Å². The van der Waals surface area contributed by atoms with Gasteiger partial charge in [0.1, 0.15) is 11.3 Å². The summed E-state index contributed by atoms with van der Waals surface area (Å²) in [6, 6.07) is 17.1. The number of aromatic nitrogens is 3. The zero-order chi connectivity index (χ0) is 24.1. The number of fused-ring (bicyclic) bond motifs is 1. The van der Waals surface area contributed by atoms with Crippen molar-refractivity contribution >= 4 is 28.7 Å². The summed E-state index contributed by atoms with van der Waals surface area (Å²) in [7, 11) is 0. The molecule has 1 aliphatic carbocycles. The average molecular weight is 485 g/mol. The van der Waals surface area contributed by atoms with Crippen LogP contribution in [-0.2, 0) is 11.3 Å². The molecule has 1 saturated carbocycles. The maximum atomic E-state index is 12.6. The van der Waals surface area contributed by atoms with E-state index in [1.54, 1.807) is 6.20 Å². The van der Waals surface area contributed by atoms with Crippen molar-refractivity contribution in [3.05, 3.63) is 70.9 Å². The molecule has 2 aromatic carbocycles. The number of aryl methyl sites for hydroxylation is 2. The minimum Gasteiger partial charge on any atom is -0.342 e. The molecule has 6 rings (SSSR count). The van der Waals surface area contributed by atoms with Gasteiger partial charge in [0.15, 0.2) is 5.65 Å². The van der Waals surface area contributed by atoms with E-state index in [-0.39, 0.29) is 5.92 Å². The number of hydrogen-bond acceptors (Lipinski definition) is 3. The quantitative estimate of drug-likeness (QED) is 0.334. The van der Waals surface area contributed by atoms with Gasteiger partial charge in [0.05, 0.1) is 5.02 Å². The first-order valence-corrected chi connectivity index (χ1v) is 12.8. The van der Waals surface area contributed by atoms with E-state index in [0.29, 0.717) is 16.8 Å². The fourth-order valence-corrected chi connectivity index (χ4v) is 5.50. The van der Waals surface area contributed by atoms with Crippen LogP contribution in [0.3, 0.4) is 0 Å². The summed E-state index contributed by atoms with van der Waals surface area (Å²) in [6.07, 6.45) is 4.81. The average Bonchev–Trinajstić information content (AvgIpc) is 3.50. The Balaban J connectivity index is 1.32. The van der Waals surface area contributed by atoms with Crippen molar-refractivity contribution in [2.45, 2.75) is 39.7 Å². The molecule has 3 heterocycles. The van der Waals surface area contributed by atoms with E-state index in [4.69, 9.17) is 16.6 Å². The Morgan fingerprint density at radius 3 is 2.54 bits per heavy atom. The molecule has 2 fully saturated rings. The summed E-state index contributed by atoms with van der Waals surface area (Å²) in [4.78, 5) is 24.2. The molecule has 1 aliphatic heterocycles. The van der Waals surface area contributed by atoms with E-state index < -0.39 is 0 Å². The summed E-state index contributed by atoms with van der Waals surface area (Å²) >= 11 is 6.24. The molecule has 0 unspecified atom stereocenters. The minimum absolute atomic E-state index is 0.276. The van der Waals surface area contributed by atoms with Crippen LogP contribution in [0.5, 0.6) is 0 Å². The Labute approximate surface area is 210 Å². The summed E-state index contributed by atoms with van der Waals surface area (Å²) < 4.78 is 2.22. The lowest BCUT2D eigenvalue weighted by molar-refractivity contribution is -0.131. The monoisotopic (exact) mass is 484 g/mol. The lowest BCUT2D eigenvalue weighted by Crippen LogP contribution is -2.30. The third-order valence-corrected chi connectivity index (χ3v) is 7.56. The fraction of sp³-hybridized carbons (Fsp3) is 0.345. The standard InChI is InChI=1S/C29H29ClN4O/c1-18-3-10-25(19(2)13-18)21-4-6-22(7-5-21)27-32-26-14-24(30)15-31-28(26)34(27)17-20-11-12-33(16-20)29(35)23-8-9-23/h3-7,10,13-15,20,23H,8-9,11-12,16-17H2,1-2H3/t20-/m1/s1. The summed E-state index contributed by atoms with van der Waals surface area (Å²) in [5.41, 5.74) is 7.68. The van der Waals surface area contributed by atoms with Crippen molar-refractivity contribution in [2.75, 3.05) is 13.1 Å². The van der Waals surface area contributed by atoms with Gasteiger partial charge in [-0.25, -0.2) is 9.97 Å². The van der Waals surface area contributed by atoms with Gasteiger partial charge in [0, 0.05) is 37.3 Å². The van der Waals surface area contributed by atoms with Crippen molar-refractivity contribution in [3.63, 3.8) is 0 Å². The highest BCUT2D eigenvalue weighted by atomic mass is 35.5. The normalized spacial score (nSPS) is 17.9. The van der Waals surface area contributed by atoms with E-state index >= 15 is 0 Å². The number of amides is 1.